The molecule has 0 amide bonds. The molecule has 0 spiro atoms. The number of nitrogens with zero attached hydrogens (tertiary/aromatic N) is 2. The predicted molar refractivity (Wildman–Crippen MR) is 76.6 cm³/mol. The molecule has 0 aliphatic heterocycles. The Morgan fingerprint density at radius 1 is 1.30 bits per heavy atom. The van der Waals surface area contributed by atoms with Crippen LogP contribution in [0.3, 0.4) is 0 Å². The summed E-state index contributed by atoms with van der Waals surface area (Å²) in [5.41, 5.74) is 8.57. The Hall–Kier alpha value is -2.56. The van der Waals surface area contributed by atoms with Crippen LogP contribution < -0.4 is 10.5 Å². The highest BCUT2D eigenvalue weighted by atomic mass is 16.5. The van der Waals surface area contributed by atoms with E-state index in [1.54, 1.807) is 12.3 Å². The number of nitrogens with two attached hydrogens (primary N) is 1. The Balaban J connectivity index is 1.65. The minimum Gasteiger partial charge on any atom is -0.493 e. The lowest BCUT2D eigenvalue weighted by atomic mass is 10.2. The van der Waals surface area contributed by atoms with Crippen LogP contribution in [0, 0.1) is 6.92 Å². The molecule has 0 atom stereocenters. The van der Waals surface area contributed by atoms with Crippen LogP contribution in [0.2, 0.25) is 0 Å². The third-order valence-corrected chi connectivity index (χ3v) is 2.89. The van der Waals surface area contributed by atoms with Crippen LogP contribution in [0.5, 0.6) is 5.75 Å². The van der Waals surface area contributed by atoms with Crippen LogP contribution in [0.1, 0.15) is 11.5 Å². The fraction of sp³-hybridized carbons (Fsp3) is 0.200. The van der Waals surface area contributed by atoms with Crippen LogP contribution in [0.15, 0.2) is 40.9 Å². The first-order valence-corrected chi connectivity index (χ1v) is 6.41. The summed E-state index contributed by atoms with van der Waals surface area (Å²) in [6, 6.07) is 9.65. The number of ether oxygens (including phenoxy) is 1. The number of aryl methyl sites for hydroxylation is 1. The Labute approximate surface area is 116 Å². The molecule has 3 aromatic rings. The lowest BCUT2D eigenvalue weighted by Crippen LogP contribution is -2.01. The molecule has 0 unspecified atom stereocenters. The minimum atomic E-state index is 0.506. The smallest absolute Gasteiger partial charge is 0.200 e. The first kappa shape index (κ1) is 12.5. The van der Waals surface area contributed by atoms with Gasteiger partial charge in [-0.15, -0.1) is 0 Å². The van der Waals surface area contributed by atoms with Gasteiger partial charge < -0.3 is 14.9 Å². The van der Waals surface area contributed by atoms with Crippen LogP contribution in [0.25, 0.3) is 11.2 Å². The molecule has 0 bridgehead atoms. The number of nitrogen functional groups attached to an aromatic ring is 1. The van der Waals surface area contributed by atoms with Gasteiger partial charge in [0.15, 0.2) is 17.1 Å². The van der Waals surface area contributed by atoms with E-state index < -0.39 is 0 Å². The second-order valence-corrected chi connectivity index (χ2v) is 4.61. The first-order chi connectivity index (χ1) is 9.70. The van der Waals surface area contributed by atoms with Crippen molar-refractivity contribution in [3.63, 3.8) is 0 Å². The zero-order valence-electron chi connectivity index (χ0n) is 11.2. The summed E-state index contributed by atoms with van der Waals surface area (Å²) < 4.78 is 11.2. The lowest BCUT2D eigenvalue weighted by Gasteiger charge is -2.04. The number of hydrogen-bond acceptors (Lipinski definition) is 5. The van der Waals surface area contributed by atoms with Gasteiger partial charge in [-0.1, -0.05) is 12.1 Å². The van der Waals surface area contributed by atoms with Crippen molar-refractivity contribution in [2.75, 3.05) is 12.3 Å². The van der Waals surface area contributed by atoms with E-state index in [0.29, 0.717) is 35.8 Å². The minimum absolute atomic E-state index is 0.506. The SMILES string of the molecule is Cc1cccc(OCCc2nc3ncc(N)cc3o2)c1. The highest BCUT2D eigenvalue weighted by Gasteiger charge is 2.07. The second-order valence-electron chi connectivity index (χ2n) is 4.61. The number of aromatic nitrogens is 2. The van der Waals surface area contributed by atoms with E-state index in [9.17, 15) is 0 Å². The van der Waals surface area contributed by atoms with Crippen molar-refractivity contribution < 1.29 is 9.15 Å². The third-order valence-electron chi connectivity index (χ3n) is 2.89. The molecule has 2 heterocycles. The molecule has 0 saturated heterocycles. The quantitative estimate of drug-likeness (QED) is 0.788. The monoisotopic (exact) mass is 269 g/mol. The standard InChI is InChI=1S/C15H15N3O2/c1-10-3-2-4-12(7-10)19-6-5-14-18-15-13(20-14)8-11(16)9-17-15/h2-4,7-9H,5-6,16H2,1H3. The van der Waals surface area contributed by atoms with Crippen molar-refractivity contribution >= 4 is 16.9 Å². The van der Waals surface area contributed by atoms with E-state index in [0.717, 1.165) is 5.75 Å². The Bertz CT molecular complexity index is 737. The Kier molecular flexibility index (Phi) is 3.25. The maximum Gasteiger partial charge on any atom is 0.200 e. The number of anilines is 1. The van der Waals surface area contributed by atoms with Gasteiger partial charge >= 0.3 is 0 Å². The predicted octanol–water partition coefficient (Wildman–Crippen LogP) is 2.73. The number of oxazole rings is 1. The van der Waals surface area contributed by atoms with Gasteiger partial charge in [0.05, 0.1) is 24.9 Å². The van der Waals surface area contributed by atoms with E-state index in [1.807, 2.05) is 31.2 Å². The molecule has 0 aliphatic carbocycles. The molecule has 102 valence electrons. The maximum atomic E-state index is 5.67. The van der Waals surface area contributed by atoms with Gasteiger partial charge in [-0.2, -0.15) is 4.98 Å². The Morgan fingerprint density at radius 2 is 2.20 bits per heavy atom. The van der Waals surface area contributed by atoms with Crippen molar-refractivity contribution in [1.82, 2.24) is 9.97 Å². The van der Waals surface area contributed by atoms with Crippen molar-refractivity contribution in [2.24, 2.45) is 0 Å². The number of rotatable bonds is 4. The highest BCUT2D eigenvalue weighted by Crippen LogP contribution is 2.17. The lowest BCUT2D eigenvalue weighted by molar-refractivity contribution is 0.308. The molecular weight excluding hydrogens is 254 g/mol. The highest BCUT2D eigenvalue weighted by molar-refractivity contribution is 5.71. The van der Waals surface area contributed by atoms with Gasteiger partial charge in [0.25, 0.3) is 0 Å². The van der Waals surface area contributed by atoms with Crippen LogP contribution in [-0.4, -0.2) is 16.6 Å². The third kappa shape index (κ3) is 2.71. The van der Waals surface area contributed by atoms with E-state index >= 15 is 0 Å². The van der Waals surface area contributed by atoms with Crippen molar-refractivity contribution in [3.05, 3.63) is 48.0 Å². The summed E-state index contributed by atoms with van der Waals surface area (Å²) in [7, 11) is 0. The molecule has 2 aromatic heterocycles. The zero-order chi connectivity index (χ0) is 13.9. The van der Waals surface area contributed by atoms with Crippen LogP contribution in [0.4, 0.5) is 5.69 Å². The van der Waals surface area contributed by atoms with Crippen molar-refractivity contribution in [3.8, 4) is 5.75 Å². The molecule has 0 fully saturated rings. The number of hydrogen-bond donors (Lipinski definition) is 1. The molecule has 0 radical (unpaired) electrons. The normalized spacial score (nSPS) is 10.8. The molecule has 5 heteroatoms. The zero-order valence-corrected chi connectivity index (χ0v) is 11.2. The fourth-order valence-electron chi connectivity index (χ4n) is 1.95. The number of benzene rings is 1. The van der Waals surface area contributed by atoms with Crippen LogP contribution >= 0.6 is 0 Å². The maximum absolute atomic E-state index is 5.67. The van der Waals surface area contributed by atoms with Crippen molar-refractivity contribution in [2.45, 2.75) is 13.3 Å². The van der Waals surface area contributed by atoms with E-state index in [4.69, 9.17) is 14.9 Å². The number of pyridine rings is 1. The second kappa shape index (κ2) is 5.21. The molecule has 0 aliphatic rings. The van der Waals surface area contributed by atoms with Crippen LogP contribution in [-0.2, 0) is 6.42 Å². The number of fused-ring (bicyclic) bond motifs is 1. The average molecular weight is 269 g/mol. The van der Waals surface area contributed by atoms with Crippen molar-refractivity contribution in [1.29, 1.82) is 0 Å². The molecular formula is C15H15N3O2. The van der Waals surface area contributed by atoms with Gasteiger partial charge in [-0.25, -0.2) is 4.98 Å². The summed E-state index contributed by atoms with van der Waals surface area (Å²) in [5, 5.41) is 0. The van der Waals surface area contributed by atoms with Gasteiger partial charge in [0.2, 0.25) is 0 Å². The Morgan fingerprint density at radius 3 is 3.05 bits per heavy atom. The summed E-state index contributed by atoms with van der Waals surface area (Å²) >= 11 is 0. The summed E-state index contributed by atoms with van der Waals surface area (Å²) in [5.74, 6) is 1.45. The largest absolute Gasteiger partial charge is 0.493 e. The molecule has 3 rings (SSSR count). The summed E-state index contributed by atoms with van der Waals surface area (Å²) in [6.45, 7) is 2.54. The van der Waals surface area contributed by atoms with E-state index in [-0.39, 0.29) is 0 Å². The summed E-state index contributed by atoms with van der Waals surface area (Å²) in [6.07, 6.45) is 2.15. The fourth-order valence-corrected chi connectivity index (χ4v) is 1.95. The molecule has 0 saturated carbocycles. The topological polar surface area (TPSA) is 74.2 Å². The molecule has 2 N–H and O–H groups in total. The first-order valence-electron chi connectivity index (χ1n) is 6.41. The average Bonchev–Trinajstić information content (AvgIpc) is 2.80. The van der Waals surface area contributed by atoms with Gasteiger partial charge in [-0.05, 0) is 24.6 Å². The van der Waals surface area contributed by atoms with Gasteiger partial charge in [0, 0.05) is 6.07 Å². The molecule has 1 aromatic carbocycles. The van der Waals surface area contributed by atoms with E-state index in [2.05, 4.69) is 9.97 Å². The van der Waals surface area contributed by atoms with Gasteiger partial charge in [0.1, 0.15) is 5.75 Å². The van der Waals surface area contributed by atoms with Gasteiger partial charge in [-0.3, -0.25) is 0 Å². The molecule has 20 heavy (non-hydrogen) atoms. The summed E-state index contributed by atoms with van der Waals surface area (Å²) in [4.78, 5) is 8.40. The molecule has 5 nitrogen and oxygen atoms in total. The van der Waals surface area contributed by atoms with E-state index in [1.165, 1.54) is 5.56 Å².